The van der Waals surface area contributed by atoms with E-state index in [1.807, 2.05) is 24.3 Å². The fourth-order valence-corrected chi connectivity index (χ4v) is 3.89. The van der Waals surface area contributed by atoms with E-state index in [2.05, 4.69) is 15.6 Å². The molecule has 2 heterocycles. The predicted octanol–water partition coefficient (Wildman–Crippen LogP) is 1.97. The third-order valence-corrected chi connectivity index (χ3v) is 5.62. The standard InChI is InChI=1S/C20H18N4O4S/c21-29(27,28)14-7-5-13(6-8-14)23-17(25)11-12-9-10-22-20(26)19-18(12)15-3-1-2-4-16(15)24-19/h1-8,11,24H,9-10H2,(H,22,26)(H,23,25)(H2,21,27,28)/b12-11-. The number of nitrogens with one attached hydrogen (secondary N) is 3. The molecule has 0 aliphatic carbocycles. The molecule has 2 aromatic carbocycles. The topological polar surface area (TPSA) is 134 Å². The molecule has 4 rings (SSSR count). The maximum absolute atomic E-state index is 12.6. The van der Waals surface area contributed by atoms with Crippen LogP contribution in [0.5, 0.6) is 0 Å². The Kier molecular flexibility index (Phi) is 4.69. The summed E-state index contributed by atoms with van der Waals surface area (Å²) in [4.78, 5) is 28.0. The van der Waals surface area contributed by atoms with E-state index >= 15 is 0 Å². The highest BCUT2D eigenvalue weighted by Crippen LogP contribution is 2.32. The van der Waals surface area contributed by atoms with Crippen LogP contribution in [0.3, 0.4) is 0 Å². The Morgan fingerprint density at radius 2 is 1.83 bits per heavy atom. The number of rotatable bonds is 3. The first-order valence-corrected chi connectivity index (χ1v) is 10.4. The average molecular weight is 410 g/mol. The van der Waals surface area contributed by atoms with Gasteiger partial charge in [-0.15, -0.1) is 0 Å². The number of benzene rings is 2. The van der Waals surface area contributed by atoms with Crippen molar-refractivity contribution in [3.8, 4) is 0 Å². The summed E-state index contributed by atoms with van der Waals surface area (Å²) in [7, 11) is -3.79. The maximum atomic E-state index is 12.6. The fraction of sp³-hybridized carbons (Fsp3) is 0.100. The van der Waals surface area contributed by atoms with Crippen molar-refractivity contribution in [2.75, 3.05) is 11.9 Å². The number of carbonyl (C=O) groups excluding carboxylic acids is 2. The molecule has 9 heteroatoms. The molecule has 1 aromatic heterocycles. The van der Waals surface area contributed by atoms with E-state index in [0.29, 0.717) is 24.3 Å². The largest absolute Gasteiger partial charge is 0.350 e. The van der Waals surface area contributed by atoms with Crippen molar-refractivity contribution in [3.05, 3.63) is 65.9 Å². The predicted molar refractivity (Wildman–Crippen MR) is 110 cm³/mol. The van der Waals surface area contributed by atoms with Gasteiger partial charge in [0.1, 0.15) is 5.69 Å². The molecular weight excluding hydrogens is 392 g/mol. The summed E-state index contributed by atoms with van der Waals surface area (Å²) in [5, 5.41) is 11.5. The molecule has 3 aromatic rings. The number of aromatic amines is 1. The first-order valence-electron chi connectivity index (χ1n) is 8.86. The van der Waals surface area contributed by atoms with Gasteiger partial charge in [0.2, 0.25) is 15.9 Å². The lowest BCUT2D eigenvalue weighted by Crippen LogP contribution is -2.22. The van der Waals surface area contributed by atoms with Crippen LogP contribution in [0.15, 0.2) is 59.5 Å². The molecule has 0 spiro atoms. The lowest BCUT2D eigenvalue weighted by Gasteiger charge is -2.07. The molecule has 1 aliphatic rings. The molecule has 1 aliphatic heterocycles. The fourth-order valence-electron chi connectivity index (χ4n) is 3.38. The van der Waals surface area contributed by atoms with Crippen LogP contribution in [-0.4, -0.2) is 31.8 Å². The second-order valence-corrected chi connectivity index (χ2v) is 8.22. The zero-order chi connectivity index (χ0) is 20.6. The number of H-pyrrole nitrogens is 1. The molecule has 0 fully saturated rings. The Balaban J connectivity index is 1.66. The number of amides is 2. The number of carbonyl (C=O) groups is 2. The number of anilines is 1. The van der Waals surface area contributed by atoms with Gasteiger partial charge in [-0.2, -0.15) is 0 Å². The lowest BCUT2D eigenvalue weighted by atomic mass is 9.99. The molecule has 0 bridgehead atoms. The van der Waals surface area contributed by atoms with Gasteiger partial charge in [0, 0.05) is 34.8 Å². The molecule has 8 nitrogen and oxygen atoms in total. The van der Waals surface area contributed by atoms with Crippen molar-refractivity contribution in [3.63, 3.8) is 0 Å². The maximum Gasteiger partial charge on any atom is 0.268 e. The molecule has 0 unspecified atom stereocenters. The summed E-state index contributed by atoms with van der Waals surface area (Å²) >= 11 is 0. The van der Waals surface area contributed by atoms with E-state index in [9.17, 15) is 18.0 Å². The van der Waals surface area contributed by atoms with Crippen molar-refractivity contribution in [2.24, 2.45) is 5.14 Å². The van der Waals surface area contributed by atoms with Crippen molar-refractivity contribution in [1.82, 2.24) is 10.3 Å². The number of hydrogen-bond donors (Lipinski definition) is 4. The smallest absolute Gasteiger partial charge is 0.268 e. The van der Waals surface area contributed by atoms with Gasteiger partial charge in [0.15, 0.2) is 0 Å². The van der Waals surface area contributed by atoms with Gasteiger partial charge in [0.25, 0.3) is 5.91 Å². The van der Waals surface area contributed by atoms with Gasteiger partial charge < -0.3 is 15.6 Å². The zero-order valence-corrected chi connectivity index (χ0v) is 16.0. The summed E-state index contributed by atoms with van der Waals surface area (Å²) in [5.41, 5.74) is 3.13. The van der Waals surface area contributed by atoms with E-state index in [4.69, 9.17) is 5.14 Å². The third kappa shape index (κ3) is 3.78. The van der Waals surface area contributed by atoms with Crippen LogP contribution in [0.1, 0.15) is 22.5 Å². The molecular formula is C20H18N4O4S. The number of nitrogens with two attached hydrogens (primary N) is 1. The molecule has 148 valence electrons. The Bertz CT molecular complexity index is 1260. The van der Waals surface area contributed by atoms with Crippen LogP contribution in [0.25, 0.3) is 16.5 Å². The Morgan fingerprint density at radius 1 is 1.10 bits per heavy atom. The summed E-state index contributed by atoms with van der Waals surface area (Å²) in [5.74, 6) is -0.590. The number of sulfonamides is 1. The van der Waals surface area contributed by atoms with Gasteiger partial charge in [-0.1, -0.05) is 18.2 Å². The highest BCUT2D eigenvalue weighted by molar-refractivity contribution is 7.89. The van der Waals surface area contributed by atoms with Gasteiger partial charge in [-0.3, -0.25) is 9.59 Å². The van der Waals surface area contributed by atoms with E-state index < -0.39 is 10.0 Å². The van der Waals surface area contributed by atoms with E-state index in [1.54, 1.807) is 0 Å². The number of primary sulfonamides is 1. The van der Waals surface area contributed by atoms with Crippen molar-refractivity contribution >= 4 is 44.0 Å². The molecule has 0 atom stereocenters. The monoisotopic (exact) mass is 410 g/mol. The minimum atomic E-state index is -3.79. The highest BCUT2D eigenvalue weighted by Gasteiger charge is 2.24. The molecule has 2 amide bonds. The van der Waals surface area contributed by atoms with E-state index in [1.165, 1.54) is 30.3 Å². The number of fused-ring (bicyclic) bond motifs is 3. The normalized spacial score (nSPS) is 15.6. The summed E-state index contributed by atoms with van der Waals surface area (Å²) < 4.78 is 22.7. The number of para-hydroxylation sites is 1. The SMILES string of the molecule is NS(=O)(=O)c1ccc(NC(=O)/C=C2/CCNC(=O)c3[nH]c4ccccc4c32)cc1. The second-order valence-electron chi connectivity index (χ2n) is 6.65. The number of aromatic nitrogens is 1. The van der Waals surface area contributed by atoms with Crippen molar-refractivity contribution in [1.29, 1.82) is 0 Å². The van der Waals surface area contributed by atoms with Crippen molar-refractivity contribution < 1.29 is 18.0 Å². The molecule has 29 heavy (non-hydrogen) atoms. The van der Waals surface area contributed by atoms with E-state index in [-0.39, 0.29) is 16.7 Å². The van der Waals surface area contributed by atoms with Crippen molar-refractivity contribution in [2.45, 2.75) is 11.3 Å². The Hall–Kier alpha value is -3.43. The molecule has 0 saturated carbocycles. The van der Waals surface area contributed by atoms with Crippen LogP contribution in [0.4, 0.5) is 5.69 Å². The van der Waals surface area contributed by atoms with E-state index in [0.717, 1.165) is 22.0 Å². The summed E-state index contributed by atoms with van der Waals surface area (Å²) in [6, 6.07) is 13.1. The first kappa shape index (κ1) is 18.9. The van der Waals surface area contributed by atoms with Gasteiger partial charge >= 0.3 is 0 Å². The van der Waals surface area contributed by atoms with Gasteiger partial charge in [-0.05, 0) is 42.3 Å². The minimum absolute atomic E-state index is 0.0364. The van der Waals surface area contributed by atoms with Crippen LogP contribution < -0.4 is 15.8 Å². The minimum Gasteiger partial charge on any atom is -0.350 e. The molecule has 5 N–H and O–H groups in total. The summed E-state index contributed by atoms with van der Waals surface area (Å²) in [6.45, 7) is 0.415. The Morgan fingerprint density at radius 3 is 2.55 bits per heavy atom. The first-order chi connectivity index (χ1) is 13.8. The molecule has 0 radical (unpaired) electrons. The Labute approximate surface area is 166 Å². The quantitative estimate of drug-likeness (QED) is 0.491. The number of hydrogen-bond acceptors (Lipinski definition) is 4. The van der Waals surface area contributed by atoms with Crippen LogP contribution in [0.2, 0.25) is 0 Å². The lowest BCUT2D eigenvalue weighted by molar-refractivity contribution is -0.111. The second kappa shape index (κ2) is 7.19. The average Bonchev–Trinajstić information content (AvgIpc) is 2.99. The van der Waals surface area contributed by atoms with Crippen LogP contribution in [-0.2, 0) is 14.8 Å². The molecule has 0 saturated heterocycles. The van der Waals surface area contributed by atoms with Gasteiger partial charge in [-0.25, -0.2) is 13.6 Å². The third-order valence-electron chi connectivity index (χ3n) is 4.69. The van der Waals surface area contributed by atoms with Crippen LogP contribution in [0, 0.1) is 0 Å². The zero-order valence-electron chi connectivity index (χ0n) is 15.2. The van der Waals surface area contributed by atoms with Gasteiger partial charge in [0.05, 0.1) is 4.90 Å². The van der Waals surface area contributed by atoms with Crippen LogP contribution >= 0.6 is 0 Å². The highest BCUT2D eigenvalue weighted by atomic mass is 32.2. The summed E-state index contributed by atoms with van der Waals surface area (Å²) in [6.07, 6.45) is 1.96.